The van der Waals surface area contributed by atoms with Crippen LogP contribution in [0.3, 0.4) is 0 Å². The summed E-state index contributed by atoms with van der Waals surface area (Å²) in [6.07, 6.45) is 10.2. The monoisotopic (exact) mass is 268 g/mol. The molecule has 0 aromatic carbocycles. The second-order valence-electron chi connectivity index (χ2n) is 3.62. The molecule has 0 saturated heterocycles. The van der Waals surface area contributed by atoms with E-state index in [1.165, 1.54) is 12.2 Å². The smallest absolute Gasteiger partial charge is 0.234 e. The van der Waals surface area contributed by atoms with Gasteiger partial charge in [0.2, 0.25) is 12.2 Å². The van der Waals surface area contributed by atoms with Crippen LogP contribution in [0.4, 0.5) is 0 Å². The lowest BCUT2D eigenvalue weighted by Gasteiger charge is -1.93. The van der Waals surface area contributed by atoms with Gasteiger partial charge in [-0.1, -0.05) is 12.8 Å². The van der Waals surface area contributed by atoms with Crippen molar-refractivity contribution in [2.75, 3.05) is 13.1 Å². The zero-order valence-electron chi connectivity index (χ0n) is 11.0. The molecule has 0 radical (unpaired) electrons. The van der Waals surface area contributed by atoms with Crippen LogP contribution in [0, 0.1) is 0 Å². The molecular weight excluding hydrogens is 248 g/mol. The number of carbonyl (C=O) groups is 2. The molecule has 0 saturated carbocycles. The fourth-order valence-electron chi connectivity index (χ4n) is 1.11. The van der Waals surface area contributed by atoms with E-state index in [9.17, 15) is 19.2 Å². The summed E-state index contributed by atoms with van der Waals surface area (Å²) in [7, 11) is 0. The minimum atomic E-state index is 0.513. The maximum Gasteiger partial charge on any atom is 0.234 e. The van der Waals surface area contributed by atoms with Crippen LogP contribution in [0.15, 0.2) is 9.98 Å². The van der Waals surface area contributed by atoms with E-state index in [1.807, 2.05) is 0 Å². The molecule has 0 bridgehead atoms. The molecular formula is C13H20N2O4. The molecule has 0 aromatic rings. The maximum atomic E-state index is 9.63. The Morgan fingerprint density at radius 3 is 1.42 bits per heavy atom. The molecule has 0 aliphatic heterocycles. The Bertz CT molecular complexity index is 276. The SMILES string of the molecule is O=C=NCCCCCCN=C=O.O=CCCCC=O. The van der Waals surface area contributed by atoms with Gasteiger partial charge in [-0.05, 0) is 19.3 Å². The van der Waals surface area contributed by atoms with Gasteiger partial charge in [0.25, 0.3) is 0 Å². The molecule has 0 unspecified atom stereocenters. The van der Waals surface area contributed by atoms with Crippen LogP contribution in [0.5, 0.6) is 0 Å². The van der Waals surface area contributed by atoms with E-state index >= 15 is 0 Å². The number of nitrogens with zero attached hydrogens (tertiary/aromatic N) is 2. The lowest BCUT2D eigenvalue weighted by molar-refractivity contribution is -0.108. The average molecular weight is 268 g/mol. The highest BCUT2D eigenvalue weighted by atomic mass is 16.1. The van der Waals surface area contributed by atoms with E-state index in [2.05, 4.69) is 9.98 Å². The zero-order chi connectivity index (χ0) is 14.6. The molecule has 19 heavy (non-hydrogen) atoms. The fourth-order valence-corrected chi connectivity index (χ4v) is 1.11. The lowest BCUT2D eigenvalue weighted by Crippen LogP contribution is -1.84. The van der Waals surface area contributed by atoms with E-state index in [0.29, 0.717) is 32.4 Å². The second kappa shape index (κ2) is 21.4. The molecule has 0 fully saturated rings. The summed E-state index contributed by atoms with van der Waals surface area (Å²) < 4.78 is 0. The van der Waals surface area contributed by atoms with Gasteiger partial charge in [-0.25, -0.2) is 19.6 Å². The standard InChI is InChI=1S/C8H12N2O2.C5H8O2/c11-7-9-5-3-1-2-4-6-10-8-12;6-4-2-1-3-5-7/h1-6H2;4-5H,1-3H2. The first kappa shape index (κ1) is 19.4. The van der Waals surface area contributed by atoms with Crippen molar-refractivity contribution in [3.8, 4) is 0 Å². The van der Waals surface area contributed by atoms with Gasteiger partial charge in [-0.15, -0.1) is 0 Å². The molecule has 0 spiro atoms. The summed E-state index contributed by atoms with van der Waals surface area (Å²) in [5, 5.41) is 0. The molecule has 0 heterocycles. The number of rotatable bonds is 11. The van der Waals surface area contributed by atoms with Gasteiger partial charge in [0.1, 0.15) is 12.6 Å². The highest BCUT2D eigenvalue weighted by Crippen LogP contribution is 1.99. The quantitative estimate of drug-likeness (QED) is 0.247. The Hall–Kier alpha value is -1.90. The number of aliphatic imine (C=N–C) groups is 2. The Balaban J connectivity index is 0. The van der Waals surface area contributed by atoms with Crippen LogP contribution in [0.2, 0.25) is 0 Å². The van der Waals surface area contributed by atoms with Crippen LogP contribution < -0.4 is 0 Å². The highest BCUT2D eigenvalue weighted by Gasteiger charge is 1.87. The summed E-state index contributed by atoms with van der Waals surface area (Å²) in [4.78, 5) is 45.2. The summed E-state index contributed by atoms with van der Waals surface area (Å²) in [6.45, 7) is 1.11. The molecule has 0 atom stereocenters. The summed E-state index contributed by atoms with van der Waals surface area (Å²) >= 11 is 0. The van der Waals surface area contributed by atoms with Crippen LogP contribution in [0.1, 0.15) is 44.9 Å². The number of hydrogen-bond acceptors (Lipinski definition) is 6. The van der Waals surface area contributed by atoms with Gasteiger partial charge in [-0.2, -0.15) is 0 Å². The molecule has 0 aromatic heterocycles. The van der Waals surface area contributed by atoms with Crippen LogP contribution >= 0.6 is 0 Å². The Kier molecular flexibility index (Phi) is 21.9. The van der Waals surface area contributed by atoms with Gasteiger partial charge in [0.15, 0.2) is 0 Å². The van der Waals surface area contributed by atoms with Gasteiger partial charge < -0.3 is 9.59 Å². The minimum Gasteiger partial charge on any atom is -0.303 e. The Labute approximate surface area is 113 Å². The molecule has 0 aliphatic carbocycles. The van der Waals surface area contributed by atoms with Crippen molar-refractivity contribution in [1.29, 1.82) is 0 Å². The Morgan fingerprint density at radius 2 is 1.11 bits per heavy atom. The van der Waals surface area contributed by atoms with Crippen molar-refractivity contribution < 1.29 is 19.2 Å². The van der Waals surface area contributed by atoms with Gasteiger partial charge in [0, 0.05) is 12.8 Å². The lowest BCUT2D eigenvalue weighted by atomic mass is 10.2. The molecule has 6 heteroatoms. The van der Waals surface area contributed by atoms with E-state index in [-0.39, 0.29) is 0 Å². The summed E-state index contributed by atoms with van der Waals surface area (Å²) in [5.41, 5.74) is 0. The summed E-state index contributed by atoms with van der Waals surface area (Å²) in [5.74, 6) is 0. The topological polar surface area (TPSA) is 93.0 Å². The largest absolute Gasteiger partial charge is 0.303 e. The van der Waals surface area contributed by atoms with Crippen molar-refractivity contribution in [2.45, 2.75) is 44.9 Å². The van der Waals surface area contributed by atoms with Crippen molar-refractivity contribution >= 4 is 24.7 Å². The predicted molar refractivity (Wildman–Crippen MR) is 70.4 cm³/mol. The molecule has 0 N–H and O–H groups in total. The zero-order valence-corrected chi connectivity index (χ0v) is 11.0. The van der Waals surface area contributed by atoms with Gasteiger partial charge in [0.05, 0.1) is 13.1 Å². The van der Waals surface area contributed by atoms with Crippen LogP contribution in [0.25, 0.3) is 0 Å². The molecule has 6 nitrogen and oxygen atoms in total. The van der Waals surface area contributed by atoms with Crippen molar-refractivity contribution in [1.82, 2.24) is 0 Å². The molecule has 0 rings (SSSR count). The number of carbonyl (C=O) groups excluding carboxylic acids is 4. The van der Waals surface area contributed by atoms with E-state index < -0.39 is 0 Å². The van der Waals surface area contributed by atoms with Crippen LogP contribution in [-0.4, -0.2) is 37.8 Å². The number of aldehydes is 2. The van der Waals surface area contributed by atoms with E-state index in [0.717, 1.165) is 38.3 Å². The molecule has 0 aliphatic rings. The van der Waals surface area contributed by atoms with Crippen molar-refractivity contribution in [3.63, 3.8) is 0 Å². The van der Waals surface area contributed by atoms with Gasteiger partial charge >= 0.3 is 0 Å². The fraction of sp³-hybridized carbons (Fsp3) is 0.692. The van der Waals surface area contributed by atoms with Gasteiger partial charge in [-0.3, -0.25) is 0 Å². The third-order valence-electron chi connectivity index (χ3n) is 2.06. The van der Waals surface area contributed by atoms with E-state index in [4.69, 9.17) is 0 Å². The average Bonchev–Trinajstić information content (AvgIpc) is 2.43. The second-order valence-corrected chi connectivity index (χ2v) is 3.62. The number of hydrogen-bond donors (Lipinski definition) is 0. The maximum absolute atomic E-state index is 9.63. The third-order valence-corrected chi connectivity index (χ3v) is 2.06. The number of unbranched alkanes of at least 4 members (excludes halogenated alkanes) is 5. The van der Waals surface area contributed by atoms with Crippen LogP contribution in [-0.2, 0) is 19.2 Å². The predicted octanol–water partition coefficient (Wildman–Crippen LogP) is 1.77. The third kappa shape index (κ3) is 26.0. The molecule has 0 amide bonds. The summed E-state index contributed by atoms with van der Waals surface area (Å²) in [6, 6.07) is 0. The van der Waals surface area contributed by atoms with E-state index in [1.54, 1.807) is 0 Å². The normalized spacial score (nSPS) is 8.21. The first-order valence-electron chi connectivity index (χ1n) is 6.28. The Morgan fingerprint density at radius 1 is 0.684 bits per heavy atom. The van der Waals surface area contributed by atoms with Crippen molar-refractivity contribution in [3.05, 3.63) is 0 Å². The molecule has 106 valence electrons. The first-order chi connectivity index (χ1) is 9.33. The number of isocyanates is 2. The first-order valence-corrected chi connectivity index (χ1v) is 6.28. The highest BCUT2D eigenvalue weighted by molar-refractivity contribution is 5.52. The minimum absolute atomic E-state index is 0.513. The van der Waals surface area contributed by atoms with Crippen molar-refractivity contribution in [2.24, 2.45) is 9.98 Å².